The van der Waals surface area contributed by atoms with Gasteiger partial charge in [0.2, 0.25) is 0 Å². The predicted molar refractivity (Wildman–Crippen MR) is 129 cm³/mol. The van der Waals surface area contributed by atoms with Crippen molar-refractivity contribution in [2.75, 3.05) is 57.4 Å². The number of aliphatic hydroxyl groups is 1. The second kappa shape index (κ2) is 9.18. The van der Waals surface area contributed by atoms with E-state index in [0.717, 1.165) is 43.5 Å². The van der Waals surface area contributed by atoms with Gasteiger partial charge < -0.3 is 14.7 Å². The van der Waals surface area contributed by atoms with E-state index in [1.807, 2.05) is 0 Å². The van der Waals surface area contributed by atoms with Crippen molar-refractivity contribution < 1.29 is 9.84 Å². The quantitative estimate of drug-likeness (QED) is 0.647. The van der Waals surface area contributed by atoms with Crippen molar-refractivity contribution in [3.8, 4) is 11.3 Å². The number of anilines is 1. The maximum Gasteiger partial charge on any atom is 0.185 e. The number of benzene rings is 1. The highest BCUT2D eigenvalue weighted by atomic mass is 32.1. The number of fused-ring (bicyclic) bond motifs is 1. The lowest BCUT2D eigenvalue weighted by Gasteiger charge is -2.42. The Morgan fingerprint density at radius 3 is 2.42 bits per heavy atom. The Balaban J connectivity index is 1.43. The predicted octanol–water partition coefficient (Wildman–Crippen LogP) is 4.29. The number of thiazole rings is 1. The Hall–Kier alpha value is -1.47. The van der Waals surface area contributed by atoms with E-state index in [0.29, 0.717) is 13.2 Å². The molecule has 31 heavy (non-hydrogen) atoms. The van der Waals surface area contributed by atoms with Crippen molar-refractivity contribution in [2.24, 2.45) is 0 Å². The molecule has 2 heterocycles. The molecule has 5 nitrogen and oxygen atoms in total. The van der Waals surface area contributed by atoms with Crippen LogP contribution < -0.4 is 4.90 Å². The first-order valence-corrected chi connectivity index (χ1v) is 12.4. The minimum Gasteiger partial charge on any atom is -0.394 e. The van der Waals surface area contributed by atoms with Crippen molar-refractivity contribution >= 4 is 16.5 Å². The van der Waals surface area contributed by atoms with Crippen molar-refractivity contribution in [1.82, 2.24) is 9.88 Å². The zero-order chi connectivity index (χ0) is 22.1. The zero-order valence-corrected chi connectivity index (χ0v) is 20.3. The van der Waals surface area contributed by atoms with E-state index >= 15 is 0 Å². The number of rotatable bonds is 7. The molecule has 0 amide bonds. The number of ether oxygens (including phenoxy) is 1. The third kappa shape index (κ3) is 4.98. The summed E-state index contributed by atoms with van der Waals surface area (Å²) in [6.07, 6.45) is 2.47. The van der Waals surface area contributed by atoms with Gasteiger partial charge in [0.05, 0.1) is 25.5 Å². The summed E-state index contributed by atoms with van der Waals surface area (Å²) in [7, 11) is 0. The van der Waals surface area contributed by atoms with Gasteiger partial charge in [-0.3, -0.25) is 4.90 Å². The molecule has 1 aliphatic heterocycles. The molecule has 0 unspecified atom stereocenters. The van der Waals surface area contributed by atoms with Crippen LogP contribution in [0.3, 0.4) is 0 Å². The van der Waals surface area contributed by atoms with Crippen LogP contribution in [0.2, 0.25) is 0 Å². The van der Waals surface area contributed by atoms with Gasteiger partial charge in [-0.25, -0.2) is 4.98 Å². The first kappa shape index (κ1) is 22.7. The molecule has 2 aromatic rings. The van der Waals surface area contributed by atoms with E-state index in [1.54, 1.807) is 11.3 Å². The Morgan fingerprint density at radius 1 is 1.00 bits per heavy atom. The molecule has 1 aromatic heterocycles. The van der Waals surface area contributed by atoms with Crippen LogP contribution in [0.25, 0.3) is 11.3 Å². The van der Waals surface area contributed by atoms with Gasteiger partial charge >= 0.3 is 0 Å². The first-order valence-electron chi connectivity index (χ1n) is 11.6. The number of nitrogens with zero attached hydrogens (tertiary/aromatic N) is 3. The summed E-state index contributed by atoms with van der Waals surface area (Å²) in [6.45, 7) is 15.7. The van der Waals surface area contributed by atoms with Crippen LogP contribution in [0, 0.1) is 0 Å². The third-order valence-corrected chi connectivity index (χ3v) is 7.97. The van der Waals surface area contributed by atoms with Crippen molar-refractivity contribution in [1.29, 1.82) is 0 Å². The molecule has 0 bridgehead atoms. The van der Waals surface area contributed by atoms with E-state index in [2.05, 4.69) is 61.1 Å². The maximum absolute atomic E-state index is 8.80. The molecule has 1 aromatic carbocycles. The van der Waals surface area contributed by atoms with E-state index in [4.69, 9.17) is 14.8 Å². The lowest BCUT2D eigenvalue weighted by molar-refractivity contribution is 0.0724. The molecule has 6 heteroatoms. The zero-order valence-electron chi connectivity index (χ0n) is 19.5. The molecule has 1 saturated heterocycles. The van der Waals surface area contributed by atoms with E-state index in [1.165, 1.54) is 29.5 Å². The summed E-state index contributed by atoms with van der Waals surface area (Å²) in [5.74, 6) is 0. The van der Waals surface area contributed by atoms with Crippen LogP contribution in [0.4, 0.5) is 5.13 Å². The summed E-state index contributed by atoms with van der Waals surface area (Å²) < 4.78 is 5.40. The lowest BCUT2D eigenvalue weighted by Crippen LogP contribution is -2.47. The average molecular weight is 444 g/mol. The van der Waals surface area contributed by atoms with Crippen LogP contribution in [0.15, 0.2) is 23.6 Å². The first-order chi connectivity index (χ1) is 14.8. The second-order valence-corrected chi connectivity index (χ2v) is 11.0. The highest BCUT2D eigenvalue weighted by Gasteiger charge is 2.37. The van der Waals surface area contributed by atoms with Crippen LogP contribution in [-0.2, 0) is 15.6 Å². The molecule has 0 spiro atoms. The number of aliphatic hydroxyl groups excluding tert-OH is 1. The van der Waals surface area contributed by atoms with Gasteiger partial charge in [0.1, 0.15) is 0 Å². The molecular weight excluding hydrogens is 406 g/mol. The van der Waals surface area contributed by atoms with Crippen molar-refractivity contribution in [2.45, 2.75) is 51.4 Å². The summed E-state index contributed by atoms with van der Waals surface area (Å²) in [4.78, 5) is 9.86. The van der Waals surface area contributed by atoms with Crippen LogP contribution >= 0.6 is 11.3 Å². The normalized spacial score (nSPS) is 20.6. The molecule has 2 aliphatic rings. The van der Waals surface area contributed by atoms with Crippen LogP contribution in [0.1, 0.15) is 51.7 Å². The fraction of sp³-hybridized carbons (Fsp3) is 0.640. The Bertz CT molecular complexity index is 885. The summed E-state index contributed by atoms with van der Waals surface area (Å²) in [5, 5.41) is 12.1. The van der Waals surface area contributed by atoms with Crippen LogP contribution in [-0.4, -0.2) is 67.5 Å². The van der Waals surface area contributed by atoms with Gasteiger partial charge in [-0.1, -0.05) is 39.8 Å². The minimum atomic E-state index is 0.0969. The van der Waals surface area contributed by atoms with Gasteiger partial charge in [0, 0.05) is 43.7 Å². The molecular formula is C25H37N3O2S. The molecule has 0 atom stereocenters. The van der Waals surface area contributed by atoms with Crippen molar-refractivity contribution in [3.63, 3.8) is 0 Å². The largest absolute Gasteiger partial charge is 0.394 e. The monoisotopic (exact) mass is 443 g/mol. The standard InChI is InChI=1S/C25H37N3O2S/c1-24(2)7-8-25(3,4)21-17-19(5-6-20(21)24)22-18-31-23(26-22)28-11-9-27(10-12-28)13-15-30-16-14-29/h5-6,17-18,29H,7-16H2,1-4H3. The average Bonchev–Trinajstić information content (AvgIpc) is 3.25. The molecule has 4 rings (SSSR count). The minimum absolute atomic E-state index is 0.0969. The fourth-order valence-corrected chi connectivity index (χ4v) is 5.70. The van der Waals surface area contributed by atoms with Gasteiger partial charge in [-0.15, -0.1) is 11.3 Å². The van der Waals surface area contributed by atoms with Gasteiger partial charge in [0.25, 0.3) is 0 Å². The van der Waals surface area contributed by atoms with Crippen LogP contribution in [0.5, 0.6) is 0 Å². The van der Waals surface area contributed by atoms with Crippen molar-refractivity contribution in [3.05, 3.63) is 34.7 Å². The number of hydrogen-bond donors (Lipinski definition) is 1. The summed E-state index contributed by atoms with van der Waals surface area (Å²) >= 11 is 1.76. The molecule has 1 aliphatic carbocycles. The maximum atomic E-state index is 8.80. The second-order valence-electron chi connectivity index (χ2n) is 10.2. The van der Waals surface area contributed by atoms with E-state index < -0.39 is 0 Å². The molecule has 170 valence electrons. The number of hydrogen-bond acceptors (Lipinski definition) is 6. The smallest absolute Gasteiger partial charge is 0.185 e. The Morgan fingerprint density at radius 2 is 1.71 bits per heavy atom. The number of aromatic nitrogens is 1. The SMILES string of the molecule is CC1(C)CCC(C)(C)c2cc(-c3csc(N4CCN(CCOCCO)CC4)n3)ccc21. The lowest BCUT2D eigenvalue weighted by atomic mass is 9.63. The molecule has 0 saturated carbocycles. The van der Waals surface area contributed by atoms with Gasteiger partial charge in [-0.2, -0.15) is 0 Å². The highest BCUT2D eigenvalue weighted by Crippen LogP contribution is 2.46. The Labute approximate surface area is 191 Å². The summed E-state index contributed by atoms with van der Waals surface area (Å²) in [5.41, 5.74) is 5.81. The fourth-order valence-electron chi connectivity index (χ4n) is 4.81. The Kier molecular flexibility index (Phi) is 6.73. The molecule has 0 radical (unpaired) electrons. The highest BCUT2D eigenvalue weighted by molar-refractivity contribution is 7.14. The number of piperazine rings is 1. The topological polar surface area (TPSA) is 48.8 Å². The summed E-state index contributed by atoms with van der Waals surface area (Å²) in [6, 6.07) is 7.02. The third-order valence-electron chi connectivity index (χ3n) is 7.07. The molecule has 1 N–H and O–H groups in total. The molecule has 1 fully saturated rings. The van der Waals surface area contributed by atoms with Gasteiger partial charge in [0.15, 0.2) is 5.13 Å². The van der Waals surface area contributed by atoms with E-state index in [-0.39, 0.29) is 17.4 Å². The van der Waals surface area contributed by atoms with Gasteiger partial charge in [-0.05, 0) is 40.9 Å². The van der Waals surface area contributed by atoms with E-state index in [9.17, 15) is 0 Å².